The predicted molar refractivity (Wildman–Crippen MR) is 128 cm³/mol. The fraction of sp³-hybridized carbons (Fsp3) is 0.409. The highest BCUT2D eigenvalue weighted by Gasteiger charge is 2.26. The second-order valence-corrected chi connectivity index (χ2v) is 13.8. The van der Waals surface area contributed by atoms with E-state index in [0.29, 0.717) is 31.7 Å². The molecule has 32 heavy (non-hydrogen) atoms. The zero-order chi connectivity index (χ0) is 23.7. The van der Waals surface area contributed by atoms with Crippen molar-refractivity contribution in [2.75, 3.05) is 43.6 Å². The average Bonchev–Trinajstić information content (AvgIpc) is 2.72. The molecule has 2 aromatic rings. The predicted octanol–water partition coefficient (Wildman–Crippen LogP) is 2.96. The van der Waals surface area contributed by atoms with E-state index in [1.165, 1.54) is 24.1 Å². The molecule has 0 spiro atoms. The Morgan fingerprint density at radius 3 is 1.88 bits per heavy atom. The molecular formula is C22H28N2O5S3. The Balaban J connectivity index is 1.77. The van der Waals surface area contributed by atoms with E-state index in [4.69, 9.17) is 0 Å². The maximum Gasteiger partial charge on any atom is 0.255 e. The van der Waals surface area contributed by atoms with Crippen LogP contribution < -0.4 is 4.90 Å². The molecule has 1 amide bonds. The van der Waals surface area contributed by atoms with Crippen molar-refractivity contribution in [2.24, 2.45) is 0 Å². The van der Waals surface area contributed by atoms with Crippen molar-refractivity contribution in [3.63, 3.8) is 0 Å². The van der Waals surface area contributed by atoms with Crippen molar-refractivity contribution in [3.05, 3.63) is 48.0 Å². The highest BCUT2D eigenvalue weighted by Crippen LogP contribution is 2.30. The average molecular weight is 497 g/mol. The molecule has 1 aliphatic rings. The summed E-state index contributed by atoms with van der Waals surface area (Å²) < 4.78 is 47.4. The van der Waals surface area contributed by atoms with Crippen LogP contribution in [0.2, 0.25) is 0 Å². The number of amides is 1. The smallest absolute Gasteiger partial charge is 0.255 e. The van der Waals surface area contributed by atoms with E-state index in [1.54, 1.807) is 41.3 Å². The minimum absolute atomic E-state index is 0.138. The van der Waals surface area contributed by atoms with Gasteiger partial charge in [-0.3, -0.25) is 4.79 Å². The number of thioether (sulfide) groups is 1. The lowest BCUT2D eigenvalue weighted by atomic mass is 10.1. The Morgan fingerprint density at radius 1 is 0.844 bits per heavy atom. The van der Waals surface area contributed by atoms with E-state index in [-0.39, 0.29) is 20.9 Å². The number of piperazine rings is 1. The van der Waals surface area contributed by atoms with Gasteiger partial charge in [0.15, 0.2) is 19.7 Å². The molecule has 0 aliphatic carbocycles. The van der Waals surface area contributed by atoms with E-state index >= 15 is 0 Å². The molecule has 0 atom stereocenters. The fourth-order valence-electron chi connectivity index (χ4n) is 3.51. The van der Waals surface area contributed by atoms with Crippen LogP contribution in [0.15, 0.2) is 57.2 Å². The van der Waals surface area contributed by atoms with Gasteiger partial charge in [-0.25, -0.2) is 16.8 Å². The topological polar surface area (TPSA) is 91.8 Å². The first-order valence-corrected chi connectivity index (χ1v) is 14.9. The number of carbonyl (C=O) groups is 1. The first kappa shape index (κ1) is 24.6. The zero-order valence-corrected chi connectivity index (χ0v) is 21.1. The SMILES string of the molecule is CC(C)Sc1ccc(S(C)(=O)=O)cc1C(=O)N1CCN(c2ccc(S(C)(=O)=O)cc2)CC1. The molecule has 10 heteroatoms. The molecular weight excluding hydrogens is 468 g/mol. The van der Waals surface area contributed by atoms with Crippen LogP contribution in [0.3, 0.4) is 0 Å². The molecule has 7 nitrogen and oxygen atoms in total. The van der Waals surface area contributed by atoms with Crippen LogP contribution in [0, 0.1) is 0 Å². The number of hydrogen-bond acceptors (Lipinski definition) is 7. The maximum atomic E-state index is 13.3. The van der Waals surface area contributed by atoms with E-state index in [0.717, 1.165) is 16.8 Å². The summed E-state index contributed by atoms with van der Waals surface area (Å²) in [6.45, 7) is 6.22. The summed E-state index contributed by atoms with van der Waals surface area (Å²) in [7, 11) is -6.67. The lowest BCUT2D eigenvalue weighted by molar-refractivity contribution is 0.0743. The molecule has 174 valence electrons. The molecule has 0 radical (unpaired) electrons. The number of carbonyl (C=O) groups excluding carboxylic acids is 1. The van der Waals surface area contributed by atoms with Gasteiger partial charge < -0.3 is 9.80 Å². The van der Waals surface area contributed by atoms with Crippen molar-refractivity contribution in [3.8, 4) is 0 Å². The molecule has 1 saturated heterocycles. The minimum atomic E-state index is -3.42. The lowest BCUT2D eigenvalue weighted by Crippen LogP contribution is -2.49. The summed E-state index contributed by atoms with van der Waals surface area (Å²) in [6.07, 6.45) is 2.32. The van der Waals surface area contributed by atoms with Gasteiger partial charge in [0.1, 0.15) is 0 Å². The highest BCUT2D eigenvalue weighted by molar-refractivity contribution is 8.00. The normalized spacial score (nSPS) is 15.3. The molecule has 1 heterocycles. The third kappa shape index (κ3) is 5.85. The molecule has 0 saturated carbocycles. The highest BCUT2D eigenvalue weighted by atomic mass is 32.2. The summed E-state index contributed by atoms with van der Waals surface area (Å²) in [5, 5.41) is 0.248. The Kier molecular flexibility index (Phi) is 7.26. The standard InChI is InChI=1S/C22H28N2O5S3/c1-16(2)30-21-10-9-19(32(4,28)29)15-20(21)22(25)24-13-11-23(12-14-24)17-5-7-18(8-6-17)31(3,26)27/h5-10,15-16H,11-14H2,1-4H3. The van der Waals surface area contributed by atoms with Crippen LogP contribution in [0.5, 0.6) is 0 Å². The number of rotatable bonds is 6. The third-order valence-electron chi connectivity index (χ3n) is 5.17. The van der Waals surface area contributed by atoms with Gasteiger partial charge in [0.2, 0.25) is 0 Å². The van der Waals surface area contributed by atoms with Gasteiger partial charge in [0.25, 0.3) is 5.91 Å². The van der Waals surface area contributed by atoms with Crippen LogP contribution in [0.1, 0.15) is 24.2 Å². The zero-order valence-electron chi connectivity index (χ0n) is 18.6. The van der Waals surface area contributed by atoms with Gasteiger partial charge in [-0.15, -0.1) is 11.8 Å². The van der Waals surface area contributed by atoms with Crippen LogP contribution in [0.4, 0.5) is 5.69 Å². The largest absolute Gasteiger partial charge is 0.368 e. The number of anilines is 1. The molecule has 1 aliphatic heterocycles. The number of hydrogen-bond donors (Lipinski definition) is 0. The minimum Gasteiger partial charge on any atom is -0.368 e. The van der Waals surface area contributed by atoms with Gasteiger partial charge in [-0.1, -0.05) is 13.8 Å². The molecule has 0 N–H and O–H groups in total. The van der Waals surface area contributed by atoms with Gasteiger partial charge in [0.05, 0.1) is 15.4 Å². The van der Waals surface area contributed by atoms with E-state index < -0.39 is 19.7 Å². The van der Waals surface area contributed by atoms with Crippen molar-refractivity contribution in [1.82, 2.24) is 4.90 Å². The van der Waals surface area contributed by atoms with E-state index in [9.17, 15) is 21.6 Å². The first-order chi connectivity index (χ1) is 14.9. The first-order valence-electron chi connectivity index (χ1n) is 10.2. The Bertz CT molecular complexity index is 1200. The third-order valence-corrected chi connectivity index (χ3v) is 8.49. The summed E-state index contributed by atoms with van der Waals surface area (Å²) in [4.78, 5) is 18.3. The summed E-state index contributed by atoms with van der Waals surface area (Å²) in [5.41, 5.74) is 1.32. The van der Waals surface area contributed by atoms with Crippen LogP contribution >= 0.6 is 11.8 Å². The van der Waals surface area contributed by atoms with E-state index in [2.05, 4.69) is 4.90 Å². The van der Waals surface area contributed by atoms with Crippen molar-refractivity contribution >= 4 is 43.0 Å². The number of benzene rings is 2. The molecule has 0 bridgehead atoms. The Labute approximate surface area is 194 Å². The number of sulfone groups is 2. The summed E-state index contributed by atoms with van der Waals surface area (Å²) in [5.74, 6) is -0.175. The molecule has 0 unspecified atom stereocenters. The molecule has 1 fully saturated rings. The van der Waals surface area contributed by atoms with E-state index in [1.807, 2.05) is 13.8 Å². The van der Waals surface area contributed by atoms with Crippen LogP contribution in [-0.2, 0) is 19.7 Å². The summed E-state index contributed by atoms with van der Waals surface area (Å²) >= 11 is 1.54. The number of nitrogens with zero attached hydrogens (tertiary/aromatic N) is 2. The van der Waals surface area contributed by atoms with Gasteiger partial charge >= 0.3 is 0 Å². The monoisotopic (exact) mass is 496 g/mol. The summed E-state index contributed by atoms with van der Waals surface area (Å²) in [6, 6.07) is 11.5. The van der Waals surface area contributed by atoms with Gasteiger partial charge in [-0.05, 0) is 42.5 Å². The van der Waals surface area contributed by atoms with Gasteiger partial charge in [0, 0.05) is 54.5 Å². The molecule has 2 aromatic carbocycles. The Morgan fingerprint density at radius 2 is 1.38 bits per heavy atom. The van der Waals surface area contributed by atoms with Crippen molar-refractivity contribution < 1.29 is 21.6 Å². The van der Waals surface area contributed by atoms with Crippen molar-refractivity contribution in [1.29, 1.82) is 0 Å². The second kappa shape index (κ2) is 9.44. The second-order valence-electron chi connectivity index (χ2n) is 8.14. The van der Waals surface area contributed by atoms with Crippen molar-refractivity contribution in [2.45, 2.75) is 33.8 Å². The molecule has 0 aromatic heterocycles. The fourth-order valence-corrected chi connectivity index (χ4v) is 5.71. The van der Waals surface area contributed by atoms with Crippen LogP contribution in [0.25, 0.3) is 0 Å². The maximum absolute atomic E-state index is 13.3. The van der Waals surface area contributed by atoms with Gasteiger partial charge in [-0.2, -0.15) is 0 Å². The van der Waals surface area contributed by atoms with Crippen LogP contribution in [-0.4, -0.2) is 71.6 Å². The lowest BCUT2D eigenvalue weighted by Gasteiger charge is -2.36. The Hall–Kier alpha value is -2.04. The quantitative estimate of drug-likeness (QED) is 0.568. The molecule has 3 rings (SSSR count).